The van der Waals surface area contributed by atoms with Gasteiger partial charge in [0.15, 0.2) is 0 Å². The van der Waals surface area contributed by atoms with E-state index in [0.29, 0.717) is 12.1 Å². The van der Waals surface area contributed by atoms with Crippen molar-refractivity contribution in [1.82, 2.24) is 3.97 Å². The van der Waals surface area contributed by atoms with Crippen molar-refractivity contribution in [3.05, 3.63) is 66.4 Å². The van der Waals surface area contributed by atoms with Gasteiger partial charge in [-0.15, -0.1) is 0 Å². The molecule has 1 heterocycles. The largest absolute Gasteiger partial charge is 0.330 e. The number of benzene rings is 2. The highest BCUT2D eigenvalue weighted by atomic mass is 32.2. The Bertz CT molecular complexity index is 899. The van der Waals surface area contributed by atoms with Crippen molar-refractivity contribution >= 4 is 20.9 Å². The maximum atomic E-state index is 12.9. The molecular weight excluding hydrogens is 296 g/mol. The minimum absolute atomic E-state index is 0.0946. The lowest BCUT2D eigenvalue weighted by Crippen LogP contribution is -2.12. The average molecular weight is 314 g/mol. The highest BCUT2D eigenvalue weighted by molar-refractivity contribution is 7.90. The van der Waals surface area contributed by atoms with Crippen LogP contribution in [0.1, 0.15) is 18.4 Å². The number of nitrogens with zero attached hydrogens (tertiary/aromatic N) is 1. The summed E-state index contributed by atoms with van der Waals surface area (Å²) < 4.78 is 27.2. The number of para-hydroxylation sites is 1. The van der Waals surface area contributed by atoms with Gasteiger partial charge in [-0.25, -0.2) is 12.4 Å². The number of hydrogen-bond donors (Lipinski definition) is 1. The van der Waals surface area contributed by atoms with E-state index in [1.54, 1.807) is 36.5 Å². The molecule has 0 fully saturated rings. The monoisotopic (exact) mass is 314 g/mol. The quantitative estimate of drug-likeness (QED) is 0.805. The SMILES string of the molecule is CC(CN)c1cn(S(=O)(=O)c2ccccc2)c2ccccc12. The summed E-state index contributed by atoms with van der Waals surface area (Å²) in [6, 6.07) is 16.0. The molecule has 0 spiro atoms. The van der Waals surface area contributed by atoms with Gasteiger partial charge >= 0.3 is 0 Å². The Morgan fingerprint density at radius 2 is 1.68 bits per heavy atom. The molecule has 0 saturated heterocycles. The van der Waals surface area contributed by atoms with E-state index in [4.69, 9.17) is 5.73 Å². The molecule has 0 saturated carbocycles. The third-order valence-corrected chi connectivity index (χ3v) is 5.58. The molecule has 3 aromatic rings. The summed E-state index contributed by atoms with van der Waals surface area (Å²) >= 11 is 0. The normalized spacial score (nSPS) is 13.4. The Hall–Kier alpha value is -2.11. The van der Waals surface area contributed by atoms with Gasteiger partial charge in [0.25, 0.3) is 10.0 Å². The minimum Gasteiger partial charge on any atom is -0.330 e. The van der Waals surface area contributed by atoms with Gasteiger partial charge in [-0.2, -0.15) is 0 Å². The van der Waals surface area contributed by atoms with Crippen LogP contribution in [0.25, 0.3) is 10.9 Å². The van der Waals surface area contributed by atoms with Crippen molar-refractivity contribution in [3.63, 3.8) is 0 Å². The second-order valence-corrected chi connectivity index (χ2v) is 7.17. The predicted molar refractivity (Wildman–Crippen MR) is 88.4 cm³/mol. The van der Waals surface area contributed by atoms with E-state index in [1.807, 2.05) is 31.2 Å². The summed E-state index contributed by atoms with van der Waals surface area (Å²) in [4.78, 5) is 0.280. The second-order valence-electron chi connectivity index (χ2n) is 5.35. The number of rotatable bonds is 4. The molecule has 0 aliphatic carbocycles. The molecule has 0 aliphatic heterocycles. The third kappa shape index (κ3) is 2.32. The topological polar surface area (TPSA) is 65.1 Å². The summed E-state index contributed by atoms with van der Waals surface area (Å²) in [7, 11) is -3.61. The van der Waals surface area contributed by atoms with E-state index in [9.17, 15) is 8.42 Å². The Morgan fingerprint density at radius 1 is 1.05 bits per heavy atom. The van der Waals surface area contributed by atoms with Crippen LogP contribution in [0.4, 0.5) is 0 Å². The van der Waals surface area contributed by atoms with Gasteiger partial charge in [0.05, 0.1) is 10.4 Å². The first-order chi connectivity index (χ1) is 10.6. The molecule has 4 nitrogen and oxygen atoms in total. The summed E-state index contributed by atoms with van der Waals surface area (Å²) in [5, 5.41) is 0.931. The van der Waals surface area contributed by atoms with Crippen LogP contribution in [0.2, 0.25) is 0 Å². The van der Waals surface area contributed by atoms with Crippen molar-refractivity contribution in [3.8, 4) is 0 Å². The zero-order chi connectivity index (χ0) is 15.7. The van der Waals surface area contributed by atoms with E-state index < -0.39 is 10.0 Å². The molecule has 1 unspecified atom stereocenters. The summed E-state index contributed by atoms with van der Waals surface area (Å²) in [5.74, 6) is 0.0946. The molecule has 1 aromatic heterocycles. The van der Waals surface area contributed by atoms with E-state index in [2.05, 4.69) is 0 Å². The molecule has 5 heteroatoms. The van der Waals surface area contributed by atoms with Crippen LogP contribution in [-0.2, 0) is 10.0 Å². The van der Waals surface area contributed by atoms with Gasteiger partial charge in [0.2, 0.25) is 0 Å². The van der Waals surface area contributed by atoms with E-state index in [-0.39, 0.29) is 10.8 Å². The molecule has 2 N–H and O–H groups in total. The summed E-state index contributed by atoms with van der Waals surface area (Å²) in [5.41, 5.74) is 7.40. The van der Waals surface area contributed by atoms with Gasteiger partial charge in [0.1, 0.15) is 0 Å². The lowest BCUT2D eigenvalue weighted by molar-refractivity contribution is 0.589. The van der Waals surface area contributed by atoms with Gasteiger partial charge in [-0.3, -0.25) is 0 Å². The minimum atomic E-state index is -3.61. The first-order valence-corrected chi connectivity index (χ1v) is 8.60. The van der Waals surface area contributed by atoms with Crippen molar-refractivity contribution in [2.24, 2.45) is 5.73 Å². The van der Waals surface area contributed by atoms with E-state index in [0.717, 1.165) is 10.9 Å². The van der Waals surface area contributed by atoms with Crippen molar-refractivity contribution in [1.29, 1.82) is 0 Å². The Morgan fingerprint density at radius 3 is 2.36 bits per heavy atom. The van der Waals surface area contributed by atoms with Crippen LogP contribution in [0.5, 0.6) is 0 Å². The van der Waals surface area contributed by atoms with Gasteiger partial charge in [-0.1, -0.05) is 43.3 Å². The third-order valence-electron chi connectivity index (χ3n) is 3.89. The Labute approximate surface area is 130 Å². The number of nitrogens with two attached hydrogens (primary N) is 1. The zero-order valence-corrected chi connectivity index (χ0v) is 13.1. The van der Waals surface area contributed by atoms with Gasteiger partial charge in [0, 0.05) is 11.6 Å². The fourth-order valence-electron chi connectivity index (χ4n) is 2.60. The van der Waals surface area contributed by atoms with Crippen molar-refractivity contribution < 1.29 is 8.42 Å². The predicted octanol–water partition coefficient (Wildman–Crippen LogP) is 2.94. The molecule has 0 amide bonds. The van der Waals surface area contributed by atoms with Crippen LogP contribution in [0.3, 0.4) is 0 Å². The lowest BCUT2D eigenvalue weighted by Gasteiger charge is -2.07. The fourth-order valence-corrected chi connectivity index (χ4v) is 4.00. The van der Waals surface area contributed by atoms with Crippen LogP contribution in [0, 0.1) is 0 Å². The molecule has 0 radical (unpaired) electrons. The standard InChI is InChI=1S/C17H18N2O2S/c1-13(11-18)16-12-19(17-10-6-5-9-15(16)17)22(20,21)14-7-3-2-4-8-14/h2-10,12-13H,11,18H2,1H3. The lowest BCUT2D eigenvalue weighted by atomic mass is 10.0. The van der Waals surface area contributed by atoms with E-state index >= 15 is 0 Å². The molecule has 1 atom stereocenters. The van der Waals surface area contributed by atoms with Crippen LogP contribution >= 0.6 is 0 Å². The number of fused-ring (bicyclic) bond motifs is 1. The van der Waals surface area contributed by atoms with Crippen molar-refractivity contribution in [2.75, 3.05) is 6.54 Å². The van der Waals surface area contributed by atoms with Crippen LogP contribution in [-0.4, -0.2) is 18.9 Å². The Balaban J connectivity index is 2.28. The summed E-state index contributed by atoms with van der Waals surface area (Å²) in [6.07, 6.45) is 1.70. The van der Waals surface area contributed by atoms with Crippen LogP contribution in [0.15, 0.2) is 65.7 Å². The Kier molecular flexibility index (Phi) is 3.76. The van der Waals surface area contributed by atoms with Crippen molar-refractivity contribution in [2.45, 2.75) is 17.7 Å². The zero-order valence-electron chi connectivity index (χ0n) is 12.3. The molecular formula is C17H18N2O2S. The molecule has 22 heavy (non-hydrogen) atoms. The first kappa shape index (κ1) is 14.8. The second kappa shape index (κ2) is 5.59. The fraction of sp³-hybridized carbons (Fsp3) is 0.176. The number of hydrogen-bond acceptors (Lipinski definition) is 3. The average Bonchev–Trinajstić information content (AvgIpc) is 2.95. The molecule has 114 valence electrons. The highest BCUT2D eigenvalue weighted by Crippen LogP contribution is 2.30. The molecule has 0 aliphatic rings. The van der Waals surface area contributed by atoms with E-state index in [1.165, 1.54) is 3.97 Å². The molecule has 0 bridgehead atoms. The first-order valence-electron chi connectivity index (χ1n) is 7.16. The maximum absolute atomic E-state index is 12.9. The molecule has 2 aromatic carbocycles. The highest BCUT2D eigenvalue weighted by Gasteiger charge is 2.22. The molecule has 3 rings (SSSR count). The maximum Gasteiger partial charge on any atom is 0.268 e. The van der Waals surface area contributed by atoms with Gasteiger partial charge < -0.3 is 5.73 Å². The smallest absolute Gasteiger partial charge is 0.268 e. The van der Waals surface area contributed by atoms with Gasteiger partial charge in [-0.05, 0) is 36.2 Å². The number of aromatic nitrogens is 1. The summed E-state index contributed by atoms with van der Waals surface area (Å²) in [6.45, 7) is 2.47. The van der Waals surface area contributed by atoms with Crippen LogP contribution < -0.4 is 5.73 Å².